The molecule has 0 spiro atoms. The van der Waals surface area contributed by atoms with Gasteiger partial charge in [-0.25, -0.2) is 0 Å². The summed E-state index contributed by atoms with van der Waals surface area (Å²) in [6.45, 7) is 1.68. The van der Waals surface area contributed by atoms with Crippen molar-refractivity contribution in [1.82, 2.24) is 14.8 Å². The van der Waals surface area contributed by atoms with Crippen LogP contribution in [-0.4, -0.2) is 30.1 Å². The molecular formula is C15H20N4S. The summed E-state index contributed by atoms with van der Waals surface area (Å²) in [6.07, 6.45) is 2.00. The van der Waals surface area contributed by atoms with E-state index >= 15 is 0 Å². The summed E-state index contributed by atoms with van der Waals surface area (Å²) >= 11 is 1.79. The van der Waals surface area contributed by atoms with Crippen LogP contribution < -0.4 is 5.32 Å². The van der Waals surface area contributed by atoms with Crippen molar-refractivity contribution in [1.29, 1.82) is 5.26 Å². The second-order valence-corrected chi connectivity index (χ2v) is 6.06. The Morgan fingerprint density at radius 2 is 2.30 bits per heavy atom. The third-order valence-corrected chi connectivity index (χ3v) is 4.31. The highest BCUT2D eigenvalue weighted by molar-refractivity contribution is 7.10. The van der Waals surface area contributed by atoms with Crippen molar-refractivity contribution in [2.24, 2.45) is 7.05 Å². The van der Waals surface area contributed by atoms with Gasteiger partial charge in [0.2, 0.25) is 0 Å². The van der Waals surface area contributed by atoms with Crippen molar-refractivity contribution in [2.75, 3.05) is 20.6 Å². The van der Waals surface area contributed by atoms with E-state index in [0.717, 1.165) is 18.7 Å². The molecule has 0 saturated heterocycles. The first kappa shape index (κ1) is 14.8. The SMILES string of the molecule is CN(C)C(CNCc1cc(C#N)n(C)c1)c1cccs1. The summed E-state index contributed by atoms with van der Waals surface area (Å²) in [5.74, 6) is 0. The van der Waals surface area contributed by atoms with Gasteiger partial charge in [-0.15, -0.1) is 11.3 Å². The average molecular weight is 288 g/mol. The van der Waals surface area contributed by atoms with Crippen LogP contribution in [0.1, 0.15) is 22.2 Å². The van der Waals surface area contributed by atoms with Crippen LogP contribution in [0.25, 0.3) is 0 Å². The van der Waals surface area contributed by atoms with Gasteiger partial charge in [0.05, 0.1) is 6.04 Å². The van der Waals surface area contributed by atoms with E-state index in [1.807, 2.05) is 23.9 Å². The molecule has 20 heavy (non-hydrogen) atoms. The van der Waals surface area contributed by atoms with E-state index in [2.05, 4.69) is 47.9 Å². The number of nitrogens with one attached hydrogen (secondary N) is 1. The lowest BCUT2D eigenvalue weighted by Crippen LogP contribution is -2.30. The maximum Gasteiger partial charge on any atom is 0.120 e. The highest BCUT2D eigenvalue weighted by atomic mass is 32.1. The zero-order valence-electron chi connectivity index (χ0n) is 12.1. The van der Waals surface area contributed by atoms with Gasteiger partial charge in [-0.3, -0.25) is 0 Å². The molecule has 0 fully saturated rings. The third-order valence-electron chi connectivity index (χ3n) is 3.34. The lowest BCUT2D eigenvalue weighted by molar-refractivity contribution is 0.292. The van der Waals surface area contributed by atoms with Crippen molar-refractivity contribution >= 4 is 11.3 Å². The molecule has 2 heterocycles. The van der Waals surface area contributed by atoms with Gasteiger partial charge < -0.3 is 14.8 Å². The minimum atomic E-state index is 0.383. The predicted molar refractivity (Wildman–Crippen MR) is 82.6 cm³/mol. The average Bonchev–Trinajstić information content (AvgIpc) is 3.03. The lowest BCUT2D eigenvalue weighted by Gasteiger charge is -2.23. The van der Waals surface area contributed by atoms with Crippen molar-refractivity contribution in [3.05, 3.63) is 45.9 Å². The van der Waals surface area contributed by atoms with Crippen molar-refractivity contribution < 1.29 is 0 Å². The molecule has 1 N–H and O–H groups in total. The fraction of sp³-hybridized carbons (Fsp3) is 0.400. The highest BCUT2D eigenvalue weighted by Crippen LogP contribution is 2.22. The van der Waals surface area contributed by atoms with E-state index in [-0.39, 0.29) is 0 Å². The van der Waals surface area contributed by atoms with Crippen molar-refractivity contribution in [3.8, 4) is 6.07 Å². The molecule has 0 amide bonds. The molecule has 0 saturated carbocycles. The number of nitrogens with zero attached hydrogens (tertiary/aromatic N) is 3. The first-order chi connectivity index (χ1) is 9.61. The van der Waals surface area contributed by atoms with Crippen LogP contribution >= 0.6 is 11.3 Å². The monoisotopic (exact) mass is 288 g/mol. The second-order valence-electron chi connectivity index (χ2n) is 5.08. The Kier molecular flexibility index (Phi) is 4.96. The Morgan fingerprint density at radius 1 is 1.50 bits per heavy atom. The molecule has 1 unspecified atom stereocenters. The van der Waals surface area contributed by atoms with Crippen LogP contribution in [0.2, 0.25) is 0 Å². The molecule has 0 radical (unpaired) electrons. The minimum absolute atomic E-state index is 0.383. The van der Waals surface area contributed by atoms with Gasteiger partial charge in [-0.1, -0.05) is 6.07 Å². The maximum absolute atomic E-state index is 8.95. The molecule has 5 heteroatoms. The lowest BCUT2D eigenvalue weighted by atomic mass is 10.2. The number of nitriles is 1. The third kappa shape index (κ3) is 3.48. The molecule has 0 aliphatic rings. The topological polar surface area (TPSA) is 44.0 Å². The Balaban J connectivity index is 1.92. The summed E-state index contributed by atoms with van der Waals surface area (Å²) in [5.41, 5.74) is 1.84. The number of thiophene rings is 1. The number of hydrogen-bond acceptors (Lipinski definition) is 4. The van der Waals surface area contributed by atoms with E-state index in [0.29, 0.717) is 11.7 Å². The Bertz CT molecular complexity index is 578. The fourth-order valence-corrected chi connectivity index (χ4v) is 3.14. The molecule has 0 aliphatic carbocycles. The Hall–Kier alpha value is -1.61. The normalized spacial score (nSPS) is 12.6. The molecule has 0 bridgehead atoms. The minimum Gasteiger partial charge on any atom is -0.342 e. The van der Waals surface area contributed by atoms with Gasteiger partial charge in [0.25, 0.3) is 0 Å². The van der Waals surface area contributed by atoms with E-state index in [1.165, 1.54) is 4.88 Å². The number of aryl methyl sites for hydroxylation is 1. The number of likely N-dealkylation sites (N-methyl/N-ethyl adjacent to an activating group) is 1. The predicted octanol–water partition coefficient (Wildman–Crippen LogP) is 2.35. The van der Waals surface area contributed by atoms with Gasteiger partial charge in [0.1, 0.15) is 11.8 Å². The van der Waals surface area contributed by atoms with Gasteiger partial charge in [-0.2, -0.15) is 5.26 Å². The van der Waals surface area contributed by atoms with E-state index < -0.39 is 0 Å². The molecule has 1 atom stereocenters. The van der Waals surface area contributed by atoms with Gasteiger partial charge in [0, 0.05) is 31.2 Å². The highest BCUT2D eigenvalue weighted by Gasteiger charge is 2.14. The number of hydrogen-bond donors (Lipinski definition) is 1. The van der Waals surface area contributed by atoms with Gasteiger partial charge >= 0.3 is 0 Å². The number of rotatable bonds is 6. The van der Waals surface area contributed by atoms with Crippen LogP contribution in [0.15, 0.2) is 29.8 Å². The first-order valence-electron chi connectivity index (χ1n) is 6.57. The van der Waals surface area contributed by atoms with E-state index in [4.69, 9.17) is 5.26 Å². The quantitative estimate of drug-likeness (QED) is 0.887. The second kappa shape index (κ2) is 6.71. The molecular weight excluding hydrogens is 268 g/mol. The van der Waals surface area contributed by atoms with Crippen molar-refractivity contribution in [3.63, 3.8) is 0 Å². The fourth-order valence-electron chi connectivity index (χ4n) is 2.21. The molecule has 4 nitrogen and oxygen atoms in total. The Labute approximate surface area is 124 Å². The largest absolute Gasteiger partial charge is 0.342 e. The van der Waals surface area contributed by atoms with Crippen LogP contribution in [0.5, 0.6) is 0 Å². The molecule has 0 aliphatic heterocycles. The standard InChI is InChI=1S/C15H20N4S/c1-18(2)14(15-5-4-6-20-15)10-17-9-12-7-13(8-16)19(3)11-12/h4-7,11,14,17H,9-10H2,1-3H3. The van der Waals surface area contributed by atoms with Crippen LogP contribution in [-0.2, 0) is 13.6 Å². The molecule has 2 rings (SSSR count). The number of aromatic nitrogens is 1. The first-order valence-corrected chi connectivity index (χ1v) is 7.45. The summed E-state index contributed by atoms with van der Waals surface area (Å²) in [7, 11) is 6.10. The van der Waals surface area contributed by atoms with Gasteiger partial charge in [-0.05, 0) is 37.2 Å². The summed E-state index contributed by atoms with van der Waals surface area (Å²) in [4.78, 5) is 3.60. The van der Waals surface area contributed by atoms with Crippen LogP contribution in [0.3, 0.4) is 0 Å². The molecule has 106 valence electrons. The van der Waals surface area contributed by atoms with E-state index in [1.54, 1.807) is 11.3 Å². The summed E-state index contributed by atoms with van der Waals surface area (Å²) in [6, 6.07) is 8.76. The van der Waals surface area contributed by atoms with Gasteiger partial charge in [0.15, 0.2) is 0 Å². The smallest absolute Gasteiger partial charge is 0.120 e. The molecule has 2 aromatic rings. The Morgan fingerprint density at radius 3 is 2.85 bits per heavy atom. The van der Waals surface area contributed by atoms with Crippen LogP contribution in [0, 0.1) is 11.3 Å². The zero-order chi connectivity index (χ0) is 14.5. The molecule has 0 aromatic carbocycles. The summed E-state index contributed by atoms with van der Waals surface area (Å²) in [5, 5.41) is 14.5. The van der Waals surface area contributed by atoms with Crippen LogP contribution in [0.4, 0.5) is 0 Å². The summed E-state index contributed by atoms with van der Waals surface area (Å²) < 4.78 is 1.86. The van der Waals surface area contributed by atoms with E-state index in [9.17, 15) is 0 Å². The zero-order valence-corrected chi connectivity index (χ0v) is 12.9. The molecule has 2 aromatic heterocycles. The maximum atomic E-state index is 8.95. The van der Waals surface area contributed by atoms with Crippen molar-refractivity contribution in [2.45, 2.75) is 12.6 Å².